The first-order chi connectivity index (χ1) is 9.66. The Hall–Kier alpha value is -0.790. The second kappa shape index (κ2) is 14.6. The molecule has 0 aliphatic rings. The lowest BCUT2D eigenvalue weighted by atomic mass is 9.98. The van der Waals surface area contributed by atoms with Crippen molar-refractivity contribution in [2.45, 2.75) is 90.9 Å². The molecule has 0 aliphatic heterocycles. The molecule has 0 saturated heterocycles. The van der Waals surface area contributed by atoms with Gasteiger partial charge in [-0.2, -0.15) is 0 Å². The first-order valence-electron chi connectivity index (χ1n) is 8.56. The van der Waals surface area contributed by atoms with E-state index in [2.05, 4.69) is 13.8 Å². The third kappa shape index (κ3) is 15.3. The summed E-state index contributed by atoms with van der Waals surface area (Å²) in [5.41, 5.74) is 0. The number of aliphatic carboxylic acids is 1. The molecule has 0 spiro atoms. The quantitative estimate of drug-likeness (QED) is 0.315. The summed E-state index contributed by atoms with van der Waals surface area (Å²) in [4.78, 5) is 10.3. The minimum atomic E-state index is -0.835. The van der Waals surface area contributed by atoms with E-state index in [4.69, 9.17) is 5.11 Å². The predicted octanol–water partition coefficient (Wildman–Crippen LogP) is 5.96. The molecule has 0 aromatic rings. The van der Waals surface area contributed by atoms with Crippen LogP contribution in [-0.4, -0.2) is 11.1 Å². The topological polar surface area (TPSA) is 37.3 Å². The van der Waals surface area contributed by atoms with Crippen molar-refractivity contribution < 1.29 is 9.90 Å². The first-order valence-corrected chi connectivity index (χ1v) is 8.56. The van der Waals surface area contributed by atoms with E-state index in [9.17, 15) is 4.79 Å². The van der Waals surface area contributed by atoms with E-state index in [1.165, 1.54) is 70.3 Å². The summed E-state index contributed by atoms with van der Waals surface area (Å²) in [5, 5.41) is 8.43. The van der Waals surface area contributed by atoms with Gasteiger partial charge >= 0.3 is 5.97 Å². The Bertz CT molecular complexity index is 246. The second-order valence-corrected chi connectivity index (χ2v) is 6.04. The van der Waals surface area contributed by atoms with Crippen LogP contribution in [0.25, 0.3) is 0 Å². The van der Waals surface area contributed by atoms with Gasteiger partial charge in [0.25, 0.3) is 0 Å². The maximum atomic E-state index is 10.3. The highest BCUT2D eigenvalue weighted by Crippen LogP contribution is 2.16. The van der Waals surface area contributed by atoms with Gasteiger partial charge in [-0.05, 0) is 18.8 Å². The summed E-state index contributed by atoms with van der Waals surface area (Å²) in [5.74, 6) is 0.0807. The lowest BCUT2D eigenvalue weighted by molar-refractivity contribution is -0.131. The molecular weight excluding hydrogens is 248 g/mol. The average molecular weight is 282 g/mol. The van der Waals surface area contributed by atoms with Crippen LogP contribution in [0.4, 0.5) is 0 Å². The first kappa shape index (κ1) is 19.2. The van der Waals surface area contributed by atoms with Gasteiger partial charge in [-0.1, -0.05) is 84.1 Å². The molecule has 0 aromatic heterocycles. The molecule has 20 heavy (non-hydrogen) atoms. The van der Waals surface area contributed by atoms with Crippen LogP contribution in [0.15, 0.2) is 12.2 Å². The van der Waals surface area contributed by atoms with Gasteiger partial charge < -0.3 is 5.11 Å². The minimum absolute atomic E-state index is 0.835. The fraction of sp³-hybridized carbons (Fsp3) is 0.833. The van der Waals surface area contributed by atoms with E-state index in [1.807, 2.05) is 0 Å². The van der Waals surface area contributed by atoms with Gasteiger partial charge in [0.15, 0.2) is 0 Å². The van der Waals surface area contributed by atoms with Crippen molar-refractivity contribution in [2.75, 3.05) is 0 Å². The van der Waals surface area contributed by atoms with Gasteiger partial charge in [0.1, 0.15) is 0 Å². The summed E-state index contributed by atoms with van der Waals surface area (Å²) in [6.45, 7) is 4.65. The SMILES string of the molecule is CCCC(C)CCCCCCCCCCC=CC(=O)O. The van der Waals surface area contributed by atoms with E-state index >= 15 is 0 Å². The van der Waals surface area contributed by atoms with Gasteiger partial charge in [0.05, 0.1) is 0 Å². The summed E-state index contributed by atoms with van der Waals surface area (Å²) in [6.07, 6.45) is 18.6. The molecular formula is C18H34O2. The van der Waals surface area contributed by atoms with Crippen molar-refractivity contribution in [3.05, 3.63) is 12.2 Å². The molecule has 0 saturated carbocycles. The lowest BCUT2D eigenvalue weighted by Crippen LogP contribution is -1.93. The zero-order chi connectivity index (χ0) is 15.1. The van der Waals surface area contributed by atoms with Crippen LogP contribution in [0.3, 0.4) is 0 Å². The van der Waals surface area contributed by atoms with E-state index in [-0.39, 0.29) is 0 Å². The van der Waals surface area contributed by atoms with Gasteiger partial charge in [-0.15, -0.1) is 0 Å². The van der Waals surface area contributed by atoms with Crippen LogP contribution in [0.1, 0.15) is 90.9 Å². The highest BCUT2D eigenvalue weighted by atomic mass is 16.4. The Morgan fingerprint density at radius 2 is 1.50 bits per heavy atom. The zero-order valence-electron chi connectivity index (χ0n) is 13.6. The molecule has 2 heteroatoms. The molecule has 1 unspecified atom stereocenters. The number of carboxylic acid groups (broad SMARTS) is 1. The zero-order valence-corrected chi connectivity index (χ0v) is 13.6. The monoisotopic (exact) mass is 282 g/mol. The number of allylic oxidation sites excluding steroid dienone is 1. The summed E-state index contributed by atoms with van der Waals surface area (Å²) in [7, 11) is 0. The fourth-order valence-corrected chi connectivity index (χ4v) is 2.64. The molecule has 0 aliphatic carbocycles. The van der Waals surface area contributed by atoms with E-state index in [0.717, 1.165) is 18.8 Å². The van der Waals surface area contributed by atoms with Crippen molar-refractivity contribution in [3.63, 3.8) is 0 Å². The highest BCUT2D eigenvalue weighted by Gasteiger charge is 1.99. The molecule has 118 valence electrons. The van der Waals surface area contributed by atoms with E-state index in [1.54, 1.807) is 6.08 Å². The standard InChI is InChI=1S/C18H34O2/c1-3-14-17(2)15-12-10-8-6-4-5-7-9-11-13-16-18(19)20/h13,16-17H,3-12,14-15H2,1-2H3,(H,19,20). The van der Waals surface area contributed by atoms with Crippen molar-refractivity contribution in [3.8, 4) is 0 Å². The summed E-state index contributed by atoms with van der Waals surface area (Å²) in [6, 6.07) is 0. The highest BCUT2D eigenvalue weighted by molar-refractivity contribution is 5.79. The Morgan fingerprint density at radius 3 is 2.05 bits per heavy atom. The number of hydrogen-bond acceptors (Lipinski definition) is 1. The second-order valence-electron chi connectivity index (χ2n) is 6.04. The average Bonchev–Trinajstić information content (AvgIpc) is 2.40. The van der Waals surface area contributed by atoms with Crippen LogP contribution in [0, 0.1) is 5.92 Å². The Labute approximate surface area is 125 Å². The number of unbranched alkanes of at least 4 members (excludes halogenated alkanes) is 8. The fourth-order valence-electron chi connectivity index (χ4n) is 2.64. The van der Waals surface area contributed by atoms with Crippen LogP contribution >= 0.6 is 0 Å². The molecule has 2 nitrogen and oxygen atoms in total. The van der Waals surface area contributed by atoms with E-state index in [0.29, 0.717) is 0 Å². The van der Waals surface area contributed by atoms with Gasteiger partial charge in [0.2, 0.25) is 0 Å². The predicted molar refractivity (Wildman–Crippen MR) is 87.0 cm³/mol. The summed E-state index contributed by atoms with van der Waals surface area (Å²) < 4.78 is 0. The largest absolute Gasteiger partial charge is 0.478 e. The Kier molecular flexibility index (Phi) is 14.0. The third-order valence-electron chi connectivity index (χ3n) is 3.86. The lowest BCUT2D eigenvalue weighted by Gasteiger charge is -2.09. The molecule has 0 rings (SSSR count). The molecule has 0 radical (unpaired) electrons. The van der Waals surface area contributed by atoms with Crippen molar-refractivity contribution in [1.82, 2.24) is 0 Å². The molecule has 0 aromatic carbocycles. The third-order valence-corrected chi connectivity index (χ3v) is 3.86. The molecule has 0 amide bonds. The van der Waals surface area contributed by atoms with Crippen LogP contribution < -0.4 is 0 Å². The van der Waals surface area contributed by atoms with Crippen molar-refractivity contribution in [2.24, 2.45) is 5.92 Å². The summed E-state index contributed by atoms with van der Waals surface area (Å²) >= 11 is 0. The van der Waals surface area contributed by atoms with Gasteiger partial charge in [0, 0.05) is 6.08 Å². The van der Waals surface area contributed by atoms with Gasteiger partial charge in [-0.3, -0.25) is 0 Å². The van der Waals surface area contributed by atoms with Crippen LogP contribution in [-0.2, 0) is 4.79 Å². The molecule has 0 fully saturated rings. The maximum Gasteiger partial charge on any atom is 0.327 e. The normalized spacial score (nSPS) is 12.9. The van der Waals surface area contributed by atoms with Crippen molar-refractivity contribution >= 4 is 5.97 Å². The molecule has 1 atom stereocenters. The molecule has 0 heterocycles. The van der Waals surface area contributed by atoms with Gasteiger partial charge in [-0.25, -0.2) is 4.79 Å². The Morgan fingerprint density at radius 1 is 0.950 bits per heavy atom. The Balaban J connectivity index is 3.11. The molecule has 0 bridgehead atoms. The minimum Gasteiger partial charge on any atom is -0.478 e. The number of hydrogen-bond donors (Lipinski definition) is 1. The number of carbonyl (C=O) groups is 1. The number of rotatable bonds is 14. The smallest absolute Gasteiger partial charge is 0.327 e. The van der Waals surface area contributed by atoms with Crippen LogP contribution in [0.2, 0.25) is 0 Å². The maximum absolute atomic E-state index is 10.3. The molecule has 1 N–H and O–H groups in total. The van der Waals surface area contributed by atoms with Crippen LogP contribution in [0.5, 0.6) is 0 Å². The van der Waals surface area contributed by atoms with Crippen molar-refractivity contribution in [1.29, 1.82) is 0 Å². The van der Waals surface area contributed by atoms with E-state index < -0.39 is 5.97 Å². The number of carboxylic acids is 1.